The summed E-state index contributed by atoms with van der Waals surface area (Å²) in [7, 11) is 6.72. The minimum Gasteiger partial charge on any atom is -0.497 e. The van der Waals surface area contributed by atoms with Gasteiger partial charge in [0.1, 0.15) is 23.0 Å². The molecule has 1 aromatic heterocycles. The molecule has 0 aliphatic carbocycles. The molecule has 0 saturated carbocycles. The van der Waals surface area contributed by atoms with Crippen molar-refractivity contribution in [2.24, 2.45) is 0 Å². The molecule has 2 fully saturated rings. The first-order chi connectivity index (χ1) is 23.7. The first-order valence-corrected chi connectivity index (χ1v) is 16.8. The highest BCUT2D eigenvalue weighted by Gasteiger charge is 2.56. The largest absolute Gasteiger partial charge is 0.497 e. The average Bonchev–Trinajstić information content (AvgIpc) is 3.69. The van der Waals surface area contributed by atoms with E-state index in [1.807, 2.05) is 34.0 Å². The second kappa shape index (κ2) is 12.8. The molecule has 0 N–H and O–H groups in total. The van der Waals surface area contributed by atoms with Crippen molar-refractivity contribution in [1.29, 1.82) is 0 Å². The van der Waals surface area contributed by atoms with Gasteiger partial charge in [-0.2, -0.15) is 5.10 Å². The Balaban J connectivity index is 1.25. The van der Waals surface area contributed by atoms with E-state index in [4.69, 9.17) is 18.9 Å². The van der Waals surface area contributed by atoms with E-state index in [1.165, 1.54) is 0 Å². The van der Waals surface area contributed by atoms with Crippen LogP contribution in [0.15, 0.2) is 84.8 Å². The lowest BCUT2D eigenvalue weighted by Gasteiger charge is -2.45. The summed E-state index contributed by atoms with van der Waals surface area (Å²) >= 11 is 0. The number of ether oxygens (including phenoxy) is 4. The number of methoxy groups -OCH3 is 4. The number of carbonyl (C=O) groups is 1. The van der Waals surface area contributed by atoms with Crippen LogP contribution >= 0.6 is 0 Å². The van der Waals surface area contributed by atoms with Gasteiger partial charge in [0.05, 0.1) is 46.2 Å². The molecule has 3 aliphatic rings. The lowest BCUT2D eigenvalue weighted by molar-refractivity contribution is 0.0813. The second-order valence-electron chi connectivity index (χ2n) is 13.7. The predicted octanol–water partition coefficient (Wildman–Crippen LogP) is 6.55. The lowest BCUT2D eigenvalue weighted by Crippen LogP contribution is -2.53. The van der Waals surface area contributed by atoms with Crippen LogP contribution in [0.4, 0.5) is 4.79 Å². The Morgan fingerprint density at radius 3 is 2.08 bits per heavy atom. The van der Waals surface area contributed by atoms with Crippen molar-refractivity contribution < 1.29 is 23.7 Å². The molecular weight excluding hydrogens is 618 g/mol. The van der Waals surface area contributed by atoms with Gasteiger partial charge in [-0.25, -0.2) is 9.48 Å². The highest BCUT2D eigenvalue weighted by atomic mass is 16.5. The molecule has 10 nitrogen and oxygen atoms in total. The van der Waals surface area contributed by atoms with Crippen molar-refractivity contribution in [3.63, 3.8) is 0 Å². The molecule has 7 rings (SSSR count). The van der Waals surface area contributed by atoms with Gasteiger partial charge in [0.2, 0.25) is 0 Å². The summed E-state index contributed by atoms with van der Waals surface area (Å²) in [5.41, 5.74) is 5.52. The van der Waals surface area contributed by atoms with Crippen LogP contribution in [0, 0.1) is 0 Å². The van der Waals surface area contributed by atoms with Crippen LogP contribution in [0.25, 0.3) is 5.69 Å². The molecule has 49 heavy (non-hydrogen) atoms. The van der Waals surface area contributed by atoms with Gasteiger partial charge in [0.25, 0.3) is 0 Å². The molecule has 2 saturated heterocycles. The quantitative estimate of drug-likeness (QED) is 0.201. The summed E-state index contributed by atoms with van der Waals surface area (Å²) in [5.74, 6) is 3.05. The van der Waals surface area contributed by atoms with E-state index < -0.39 is 11.0 Å². The number of carbonyl (C=O) groups excluding carboxylic acids is 1. The molecule has 0 atom stereocenters. The number of aromatic nitrogens is 2. The average molecular weight is 664 g/mol. The minimum atomic E-state index is -0.475. The number of urea groups is 1. The number of piperidine rings is 1. The molecule has 2 amide bonds. The third-order valence-electron chi connectivity index (χ3n) is 10.4. The summed E-state index contributed by atoms with van der Waals surface area (Å²) in [6, 6.07) is 20.3. The fraction of sp³-hybridized carbons (Fsp3) is 0.385. The molecule has 256 valence electrons. The molecule has 4 aromatic rings. The Morgan fingerprint density at radius 1 is 0.796 bits per heavy atom. The molecule has 1 spiro atoms. The zero-order valence-electron chi connectivity index (χ0n) is 29.2. The first kappa shape index (κ1) is 32.6. The number of hydrogen-bond acceptors (Lipinski definition) is 7. The third-order valence-corrected chi connectivity index (χ3v) is 10.4. The summed E-state index contributed by atoms with van der Waals surface area (Å²) in [4.78, 5) is 21.4. The van der Waals surface area contributed by atoms with Crippen LogP contribution in [0.2, 0.25) is 0 Å². The van der Waals surface area contributed by atoms with E-state index in [0.717, 1.165) is 83.4 Å². The molecule has 0 unspecified atom stereocenters. The van der Waals surface area contributed by atoms with E-state index in [2.05, 4.69) is 77.3 Å². The summed E-state index contributed by atoms with van der Waals surface area (Å²) in [6.45, 7) is 7.82. The summed E-state index contributed by atoms with van der Waals surface area (Å²) < 4.78 is 24.5. The Bertz CT molecular complexity index is 1840. The second-order valence-corrected chi connectivity index (χ2v) is 13.7. The summed E-state index contributed by atoms with van der Waals surface area (Å²) in [5, 5.41) is 4.37. The normalized spacial score (nSPS) is 18.1. The Labute approximate surface area is 288 Å². The lowest BCUT2D eigenvalue weighted by atomic mass is 9.77. The van der Waals surface area contributed by atoms with Gasteiger partial charge in [-0.05, 0) is 65.9 Å². The topological polar surface area (TPSA) is 81.5 Å². The molecule has 0 radical (unpaired) electrons. The van der Waals surface area contributed by atoms with E-state index in [9.17, 15) is 4.79 Å². The highest BCUT2D eigenvalue weighted by Crippen LogP contribution is 2.51. The molecule has 3 aromatic carbocycles. The van der Waals surface area contributed by atoms with Crippen molar-refractivity contribution in [3.8, 4) is 28.7 Å². The number of benzene rings is 3. The molecule has 4 heterocycles. The van der Waals surface area contributed by atoms with E-state index >= 15 is 0 Å². The number of rotatable bonds is 9. The maximum absolute atomic E-state index is 14.8. The van der Waals surface area contributed by atoms with Gasteiger partial charge >= 0.3 is 6.03 Å². The fourth-order valence-corrected chi connectivity index (χ4v) is 7.95. The number of allylic oxidation sites excluding steroid dienone is 1. The zero-order valence-corrected chi connectivity index (χ0v) is 29.2. The standard InChI is InChI=1S/C39H45N5O5/c1-38(2)23-35-39(12-16-41(17-13-39)24-28-18-31(46-3)21-32(19-28)47-4)43(25-27-8-10-30(11-9-27)44-15-7-14-40-44)37(45)42(35)26-29-20-33(48-5)22-34(49-6)36(29)38/h7-11,14-15,18-23H,12-13,16-17,24-26H2,1-6H3. The van der Waals surface area contributed by atoms with Crippen molar-refractivity contribution >= 4 is 6.03 Å². The molecule has 0 bridgehead atoms. The maximum Gasteiger partial charge on any atom is 0.325 e. The Morgan fingerprint density at radius 2 is 1.47 bits per heavy atom. The maximum atomic E-state index is 14.8. The van der Waals surface area contributed by atoms with Crippen LogP contribution < -0.4 is 18.9 Å². The van der Waals surface area contributed by atoms with Gasteiger partial charge < -0.3 is 23.8 Å². The van der Waals surface area contributed by atoms with Gasteiger partial charge in [0.15, 0.2) is 0 Å². The van der Waals surface area contributed by atoms with Crippen LogP contribution in [-0.4, -0.2) is 77.6 Å². The SMILES string of the molecule is COc1cc(CN2CCC3(CC2)C2=CC(C)(C)c4c(cc(OC)cc4OC)CN2C(=O)N3Cc2ccc(-n3cccn3)cc2)cc(OC)c1. The van der Waals surface area contributed by atoms with Gasteiger partial charge in [0, 0.05) is 67.4 Å². The number of hydrogen-bond donors (Lipinski definition) is 0. The predicted molar refractivity (Wildman–Crippen MR) is 187 cm³/mol. The van der Waals surface area contributed by atoms with Crippen molar-refractivity contribution in [1.82, 2.24) is 24.5 Å². The van der Waals surface area contributed by atoms with Gasteiger partial charge in [-0.3, -0.25) is 9.80 Å². The third kappa shape index (κ3) is 5.88. The van der Waals surface area contributed by atoms with E-state index in [-0.39, 0.29) is 6.03 Å². The molecule has 3 aliphatic heterocycles. The van der Waals surface area contributed by atoms with E-state index in [0.29, 0.717) is 18.8 Å². The first-order valence-electron chi connectivity index (χ1n) is 16.8. The minimum absolute atomic E-state index is 0.0267. The monoisotopic (exact) mass is 663 g/mol. The van der Waals surface area contributed by atoms with Crippen molar-refractivity contribution in [3.05, 3.63) is 107 Å². The fourth-order valence-electron chi connectivity index (χ4n) is 7.95. The zero-order chi connectivity index (χ0) is 34.3. The van der Waals surface area contributed by atoms with Crippen LogP contribution in [-0.2, 0) is 25.0 Å². The highest BCUT2D eigenvalue weighted by molar-refractivity contribution is 5.83. The Kier molecular flexibility index (Phi) is 8.52. The van der Waals surface area contributed by atoms with Crippen molar-refractivity contribution in [2.45, 2.75) is 57.3 Å². The van der Waals surface area contributed by atoms with E-state index in [1.54, 1.807) is 34.6 Å². The van der Waals surface area contributed by atoms with Crippen LogP contribution in [0.3, 0.4) is 0 Å². The number of amides is 2. The van der Waals surface area contributed by atoms with Gasteiger partial charge in [-0.15, -0.1) is 0 Å². The number of fused-ring (bicyclic) bond motifs is 3. The number of nitrogens with zero attached hydrogens (tertiary/aromatic N) is 5. The van der Waals surface area contributed by atoms with Crippen molar-refractivity contribution in [2.75, 3.05) is 41.5 Å². The summed E-state index contributed by atoms with van der Waals surface area (Å²) in [6.07, 6.45) is 7.64. The Hall–Kier alpha value is -4.96. The van der Waals surface area contributed by atoms with Crippen LogP contribution in [0.1, 0.15) is 48.9 Å². The number of likely N-dealkylation sites (tertiary alicyclic amines) is 1. The smallest absolute Gasteiger partial charge is 0.325 e. The molecular formula is C39H45N5O5. The molecule has 10 heteroatoms. The van der Waals surface area contributed by atoms with Gasteiger partial charge in [-0.1, -0.05) is 32.1 Å². The van der Waals surface area contributed by atoms with Crippen LogP contribution in [0.5, 0.6) is 23.0 Å².